The molecule has 0 atom stereocenters. The zero-order valence-electron chi connectivity index (χ0n) is 33.6. The number of hydrogen-bond donors (Lipinski definition) is 0. The van der Waals surface area contributed by atoms with Gasteiger partial charge in [-0.05, 0) is 73.8 Å². The molecule has 0 saturated carbocycles. The molecule has 1 aliphatic rings. The van der Waals surface area contributed by atoms with Gasteiger partial charge in [0.1, 0.15) is 0 Å². The van der Waals surface area contributed by atoms with Gasteiger partial charge in [0.05, 0.1) is 5.41 Å². The van der Waals surface area contributed by atoms with Crippen molar-refractivity contribution in [1.29, 1.82) is 0 Å². The molecule has 0 radical (unpaired) electrons. The molecule has 0 unspecified atom stereocenters. The average molecular weight is 808 g/mol. The van der Waals surface area contributed by atoms with Crippen LogP contribution in [0.15, 0.2) is 224 Å². The molecule has 9 aromatic carbocycles. The standard InChI is InChI=1S/C58H37N3S/c1-5-19-38(20-6-1)40-35-36-47-51(37-40)58(41-23-9-3-10-24-41,42-25-11-4-12-26-42)50-33-18-31-48(53(47)50)56-59-55(46-29-14-13-27-43(46)39-21-7-2-8-22-39)60-57(61-56)49-32-17-30-45-44-28-15-16-34-52(44)62-54(45)49/h1-37H. The molecule has 0 bridgehead atoms. The smallest absolute Gasteiger partial charge is 0.165 e. The minimum Gasteiger partial charge on any atom is -0.208 e. The predicted molar refractivity (Wildman–Crippen MR) is 257 cm³/mol. The molecule has 2 aromatic heterocycles. The van der Waals surface area contributed by atoms with Gasteiger partial charge in [-0.15, -0.1) is 11.3 Å². The lowest BCUT2D eigenvalue weighted by atomic mass is 9.67. The molecular weight excluding hydrogens is 771 g/mol. The zero-order valence-corrected chi connectivity index (χ0v) is 34.4. The Balaban J connectivity index is 1.17. The van der Waals surface area contributed by atoms with Gasteiger partial charge in [-0.3, -0.25) is 0 Å². The quantitative estimate of drug-likeness (QED) is 0.161. The number of hydrogen-bond acceptors (Lipinski definition) is 4. The lowest BCUT2D eigenvalue weighted by Gasteiger charge is -2.34. The van der Waals surface area contributed by atoms with Gasteiger partial charge in [-0.1, -0.05) is 206 Å². The molecule has 0 fully saturated rings. The summed E-state index contributed by atoms with van der Waals surface area (Å²) < 4.78 is 2.40. The molecule has 0 aliphatic heterocycles. The fourth-order valence-electron chi connectivity index (χ4n) is 9.74. The number of nitrogens with zero attached hydrogens (tertiary/aromatic N) is 3. The molecule has 1 aliphatic carbocycles. The van der Waals surface area contributed by atoms with E-state index in [1.165, 1.54) is 54.4 Å². The van der Waals surface area contributed by atoms with Crippen molar-refractivity contribution >= 4 is 31.5 Å². The topological polar surface area (TPSA) is 38.7 Å². The van der Waals surface area contributed by atoms with E-state index in [-0.39, 0.29) is 0 Å². The maximum absolute atomic E-state index is 5.52. The Morgan fingerprint density at radius 3 is 1.55 bits per heavy atom. The number of benzene rings is 9. The molecule has 12 rings (SSSR count). The van der Waals surface area contributed by atoms with E-state index in [0.717, 1.165) is 38.1 Å². The van der Waals surface area contributed by atoms with Crippen molar-refractivity contribution in [2.24, 2.45) is 0 Å². The molecule has 3 nitrogen and oxygen atoms in total. The second kappa shape index (κ2) is 14.7. The highest BCUT2D eigenvalue weighted by Crippen LogP contribution is 2.59. The number of thiophene rings is 1. The van der Waals surface area contributed by atoms with Crippen molar-refractivity contribution in [3.63, 3.8) is 0 Å². The van der Waals surface area contributed by atoms with Gasteiger partial charge in [-0.25, -0.2) is 15.0 Å². The van der Waals surface area contributed by atoms with Gasteiger partial charge >= 0.3 is 0 Å². The first-order valence-electron chi connectivity index (χ1n) is 21.0. The maximum Gasteiger partial charge on any atom is 0.165 e. The van der Waals surface area contributed by atoms with Crippen molar-refractivity contribution in [2.75, 3.05) is 0 Å². The minimum atomic E-state index is -0.616. The van der Waals surface area contributed by atoms with Crippen LogP contribution in [0.2, 0.25) is 0 Å². The van der Waals surface area contributed by atoms with Gasteiger partial charge in [0, 0.05) is 36.9 Å². The Morgan fingerprint density at radius 1 is 0.323 bits per heavy atom. The summed E-state index contributed by atoms with van der Waals surface area (Å²) >= 11 is 1.79. The SMILES string of the molecule is c1ccc(-c2ccc3c(c2)C(c2ccccc2)(c2ccccc2)c2cccc(-c4nc(-c5ccccc5-c5ccccc5)nc(-c5cccc6c5sc5ccccc56)n4)c2-3)cc1. The molecule has 2 heterocycles. The highest BCUT2D eigenvalue weighted by molar-refractivity contribution is 7.26. The third kappa shape index (κ3) is 5.68. The Labute approximate surface area is 364 Å². The van der Waals surface area contributed by atoms with E-state index in [1.54, 1.807) is 11.3 Å². The van der Waals surface area contributed by atoms with Crippen LogP contribution in [-0.4, -0.2) is 15.0 Å². The summed E-state index contributed by atoms with van der Waals surface area (Å²) in [5.41, 5.74) is 14.0. The van der Waals surface area contributed by atoms with Gasteiger partial charge in [0.2, 0.25) is 0 Å². The fourth-order valence-corrected chi connectivity index (χ4v) is 11.0. The molecule has 0 amide bonds. The van der Waals surface area contributed by atoms with Gasteiger partial charge in [0.25, 0.3) is 0 Å². The summed E-state index contributed by atoms with van der Waals surface area (Å²) in [7, 11) is 0. The van der Waals surface area contributed by atoms with Gasteiger partial charge < -0.3 is 0 Å². The van der Waals surface area contributed by atoms with E-state index >= 15 is 0 Å². The van der Waals surface area contributed by atoms with E-state index in [1.807, 2.05) is 0 Å². The van der Waals surface area contributed by atoms with Crippen molar-refractivity contribution in [3.8, 4) is 67.5 Å². The van der Waals surface area contributed by atoms with Crippen LogP contribution >= 0.6 is 11.3 Å². The fraction of sp³-hybridized carbons (Fsp3) is 0.0172. The minimum absolute atomic E-state index is 0.616. The largest absolute Gasteiger partial charge is 0.208 e. The van der Waals surface area contributed by atoms with E-state index in [4.69, 9.17) is 15.0 Å². The van der Waals surface area contributed by atoms with Gasteiger partial charge in [-0.2, -0.15) is 0 Å². The van der Waals surface area contributed by atoms with E-state index < -0.39 is 5.41 Å². The van der Waals surface area contributed by atoms with Crippen molar-refractivity contribution in [3.05, 3.63) is 247 Å². The average Bonchev–Trinajstić information content (AvgIpc) is 3.89. The monoisotopic (exact) mass is 807 g/mol. The first kappa shape index (κ1) is 36.1. The summed E-state index contributed by atoms with van der Waals surface area (Å²) in [4.78, 5) is 16.4. The zero-order chi connectivity index (χ0) is 41.0. The van der Waals surface area contributed by atoms with Crippen LogP contribution in [0.3, 0.4) is 0 Å². The summed E-state index contributed by atoms with van der Waals surface area (Å²) in [5.74, 6) is 1.92. The van der Waals surface area contributed by atoms with Crippen LogP contribution in [0.1, 0.15) is 22.3 Å². The summed E-state index contributed by atoms with van der Waals surface area (Å²) in [6, 6.07) is 80.5. The summed E-state index contributed by atoms with van der Waals surface area (Å²) in [6.45, 7) is 0. The Morgan fingerprint density at radius 2 is 0.839 bits per heavy atom. The second-order valence-electron chi connectivity index (χ2n) is 15.8. The van der Waals surface area contributed by atoms with E-state index in [2.05, 4.69) is 224 Å². The lowest BCUT2D eigenvalue weighted by molar-refractivity contribution is 0.769. The molecule has 0 spiro atoms. The molecule has 4 heteroatoms. The Kier molecular flexibility index (Phi) is 8.58. The predicted octanol–water partition coefficient (Wildman–Crippen LogP) is 14.9. The van der Waals surface area contributed by atoms with Crippen molar-refractivity contribution in [1.82, 2.24) is 15.0 Å². The van der Waals surface area contributed by atoms with Crippen LogP contribution in [0.25, 0.3) is 87.7 Å². The van der Waals surface area contributed by atoms with Crippen molar-refractivity contribution in [2.45, 2.75) is 5.41 Å². The molecular formula is C58H37N3S. The summed E-state index contributed by atoms with van der Waals surface area (Å²) in [5, 5.41) is 2.44. The van der Waals surface area contributed by atoms with Crippen molar-refractivity contribution < 1.29 is 0 Å². The van der Waals surface area contributed by atoms with Gasteiger partial charge in [0.15, 0.2) is 17.5 Å². The molecule has 11 aromatic rings. The first-order chi connectivity index (χ1) is 30.8. The van der Waals surface area contributed by atoms with E-state index in [9.17, 15) is 0 Å². The Hall–Kier alpha value is -7.79. The normalized spacial score (nSPS) is 12.6. The molecule has 62 heavy (non-hydrogen) atoms. The van der Waals surface area contributed by atoms with Crippen LogP contribution in [0.4, 0.5) is 0 Å². The van der Waals surface area contributed by atoms with Crippen LogP contribution in [0, 0.1) is 0 Å². The van der Waals surface area contributed by atoms with E-state index in [0.29, 0.717) is 17.5 Å². The molecule has 0 saturated heterocycles. The number of fused-ring (bicyclic) bond motifs is 6. The van der Waals surface area contributed by atoms with Crippen LogP contribution < -0.4 is 0 Å². The Bertz CT molecular complexity index is 3410. The molecule has 290 valence electrons. The second-order valence-corrected chi connectivity index (χ2v) is 16.9. The van der Waals surface area contributed by atoms with Crippen LogP contribution in [0.5, 0.6) is 0 Å². The lowest BCUT2D eigenvalue weighted by Crippen LogP contribution is -2.28. The number of rotatable bonds is 7. The molecule has 0 N–H and O–H groups in total. The number of aromatic nitrogens is 3. The maximum atomic E-state index is 5.52. The van der Waals surface area contributed by atoms with Crippen LogP contribution in [-0.2, 0) is 5.41 Å². The highest BCUT2D eigenvalue weighted by atomic mass is 32.1. The highest BCUT2D eigenvalue weighted by Gasteiger charge is 2.47. The summed E-state index contributed by atoms with van der Waals surface area (Å²) in [6.07, 6.45) is 0. The third-order valence-corrected chi connectivity index (χ3v) is 13.7. The first-order valence-corrected chi connectivity index (χ1v) is 21.8. The third-order valence-electron chi connectivity index (χ3n) is 12.5.